The molecular weight excluding hydrogens is 388 g/mol. The first-order valence-corrected chi connectivity index (χ1v) is 11.4. The highest BCUT2D eigenvalue weighted by atomic mass is 16.2. The second-order valence-corrected chi connectivity index (χ2v) is 8.72. The summed E-state index contributed by atoms with van der Waals surface area (Å²) >= 11 is 0. The summed E-state index contributed by atoms with van der Waals surface area (Å²) in [5.41, 5.74) is 1.92. The van der Waals surface area contributed by atoms with Gasteiger partial charge in [-0.3, -0.25) is 9.59 Å². The van der Waals surface area contributed by atoms with Crippen molar-refractivity contribution in [3.05, 3.63) is 59.8 Å². The predicted molar refractivity (Wildman–Crippen MR) is 122 cm³/mol. The third-order valence-corrected chi connectivity index (χ3v) is 6.48. The second kappa shape index (κ2) is 9.94. The van der Waals surface area contributed by atoms with Gasteiger partial charge in [-0.15, -0.1) is 0 Å². The number of hydrogen-bond acceptors (Lipinski definition) is 4. The third-order valence-electron chi connectivity index (χ3n) is 6.48. The van der Waals surface area contributed by atoms with Crippen LogP contribution in [0.2, 0.25) is 0 Å². The van der Waals surface area contributed by atoms with Gasteiger partial charge in [-0.25, -0.2) is 4.98 Å². The molecule has 1 atom stereocenters. The fourth-order valence-electron chi connectivity index (χ4n) is 4.58. The van der Waals surface area contributed by atoms with Crippen LogP contribution in [-0.2, 0) is 4.79 Å². The van der Waals surface area contributed by atoms with Crippen LogP contribution in [0.4, 0.5) is 5.82 Å². The highest BCUT2D eigenvalue weighted by Gasteiger charge is 2.26. The van der Waals surface area contributed by atoms with Crippen molar-refractivity contribution in [2.24, 2.45) is 5.92 Å². The Morgan fingerprint density at radius 2 is 1.74 bits per heavy atom. The standard InChI is InChI=1S/C25H32N4O2/c1-20-7-10-22(11-8-20)25(31)29-14-4-5-21(19-29)9-12-24(30)28-17-15-27(16-18-28)23-6-2-3-13-26-23/h2-3,6-8,10-11,13,21H,4-5,9,12,14-19H2,1H3/t21-/m0/s1. The number of piperazine rings is 1. The number of rotatable bonds is 5. The monoisotopic (exact) mass is 420 g/mol. The van der Waals surface area contributed by atoms with Crippen molar-refractivity contribution in [2.75, 3.05) is 44.2 Å². The van der Waals surface area contributed by atoms with Gasteiger partial charge in [0.2, 0.25) is 5.91 Å². The van der Waals surface area contributed by atoms with Gasteiger partial charge in [0.15, 0.2) is 0 Å². The van der Waals surface area contributed by atoms with Gasteiger partial charge in [0.1, 0.15) is 5.82 Å². The number of piperidine rings is 1. The molecule has 0 radical (unpaired) electrons. The molecule has 3 heterocycles. The van der Waals surface area contributed by atoms with Crippen LogP contribution < -0.4 is 4.90 Å². The fraction of sp³-hybridized carbons (Fsp3) is 0.480. The Hall–Kier alpha value is -2.89. The average molecular weight is 421 g/mol. The molecule has 2 fully saturated rings. The van der Waals surface area contributed by atoms with Crippen LogP contribution in [0, 0.1) is 12.8 Å². The maximum absolute atomic E-state index is 12.8. The molecule has 164 valence electrons. The molecule has 2 aliphatic rings. The summed E-state index contributed by atoms with van der Waals surface area (Å²) < 4.78 is 0. The molecule has 0 unspecified atom stereocenters. The zero-order valence-electron chi connectivity index (χ0n) is 18.4. The van der Waals surface area contributed by atoms with Crippen LogP contribution in [-0.4, -0.2) is 65.9 Å². The van der Waals surface area contributed by atoms with E-state index < -0.39 is 0 Å². The first kappa shape index (κ1) is 21.3. The number of amides is 2. The average Bonchev–Trinajstić information content (AvgIpc) is 2.83. The molecule has 31 heavy (non-hydrogen) atoms. The smallest absolute Gasteiger partial charge is 0.253 e. The Morgan fingerprint density at radius 3 is 2.45 bits per heavy atom. The molecule has 0 aliphatic carbocycles. The lowest BCUT2D eigenvalue weighted by Crippen LogP contribution is -2.49. The zero-order valence-corrected chi connectivity index (χ0v) is 18.4. The molecule has 0 spiro atoms. The van der Waals surface area contributed by atoms with Crippen molar-refractivity contribution < 1.29 is 9.59 Å². The Morgan fingerprint density at radius 1 is 0.968 bits per heavy atom. The number of aryl methyl sites for hydroxylation is 1. The van der Waals surface area contributed by atoms with Crippen molar-refractivity contribution in [3.8, 4) is 0 Å². The highest BCUT2D eigenvalue weighted by Crippen LogP contribution is 2.23. The summed E-state index contributed by atoms with van der Waals surface area (Å²) in [5.74, 6) is 1.74. The number of pyridine rings is 1. The summed E-state index contributed by atoms with van der Waals surface area (Å²) in [7, 11) is 0. The van der Waals surface area contributed by atoms with E-state index in [2.05, 4.69) is 9.88 Å². The predicted octanol–water partition coefficient (Wildman–Crippen LogP) is 3.37. The minimum atomic E-state index is 0.113. The summed E-state index contributed by atoms with van der Waals surface area (Å²) in [5, 5.41) is 0. The quantitative estimate of drug-likeness (QED) is 0.744. The van der Waals surface area contributed by atoms with E-state index in [4.69, 9.17) is 0 Å². The molecule has 0 N–H and O–H groups in total. The molecule has 1 aromatic heterocycles. The topological polar surface area (TPSA) is 56.8 Å². The van der Waals surface area contributed by atoms with Gasteiger partial charge in [0, 0.05) is 57.4 Å². The SMILES string of the molecule is Cc1ccc(C(=O)N2CCC[C@@H](CCC(=O)N3CCN(c4ccccn4)CC3)C2)cc1. The zero-order chi connectivity index (χ0) is 21.6. The molecule has 4 rings (SSSR count). The van der Waals surface area contributed by atoms with E-state index >= 15 is 0 Å². The van der Waals surface area contributed by atoms with Crippen molar-refractivity contribution in [1.29, 1.82) is 0 Å². The van der Waals surface area contributed by atoms with E-state index in [9.17, 15) is 9.59 Å². The number of carbonyl (C=O) groups excluding carboxylic acids is 2. The van der Waals surface area contributed by atoms with Gasteiger partial charge in [-0.1, -0.05) is 23.8 Å². The van der Waals surface area contributed by atoms with Crippen LogP contribution in [0.5, 0.6) is 0 Å². The van der Waals surface area contributed by atoms with Crippen molar-refractivity contribution >= 4 is 17.6 Å². The van der Waals surface area contributed by atoms with Crippen LogP contribution >= 0.6 is 0 Å². The number of carbonyl (C=O) groups is 2. The number of benzene rings is 1. The third kappa shape index (κ3) is 5.43. The summed E-state index contributed by atoms with van der Waals surface area (Å²) in [6.45, 7) is 6.74. The number of aromatic nitrogens is 1. The van der Waals surface area contributed by atoms with Crippen LogP contribution in [0.25, 0.3) is 0 Å². The van der Waals surface area contributed by atoms with E-state index in [1.165, 1.54) is 0 Å². The molecular formula is C25H32N4O2. The van der Waals surface area contributed by atoms with Gasteiger partial charge < -0.3 is 14.7 Å². The van der Waals surface area contributed by atoms with E-state index in [1.54, 1.807) is 0 Å². The molecule has 6 nitrogen and oxygen atoms in total. The van der Waals surface area contributed by atoms with Crippen molar-refractivity contribution in [1.82, 2.24) is 14.8 Å². The molecule has 6 heteroatoms. The van der Waals surface area contributed by atoms with Crippen molar-refractivity contribution in [2.45, 2.75) is 32.6 Å². The molecule has 2 saturated heterocycles. The summed E-state index contributed by atoms with van der Waals surface area (Å²) in [6, 6.07) is 13.7. The summed E-state index contributed by atoms with van der Waals surface area (Å²) in [6.07, 6.45) is 5.35. The maximum Gasteiger partial charge on any atom is 0.253 e. The molecule has 2 amide bonds. The molecule has 0 bridgehead atoms. The van der Waals surface area contributed by atoms with E-state index in [0.717, 1.165) is 75.5 Å². The van der Waals surface area contributed by atoms with Gasteiger partial charge in [-0.05, 0) is 56.4 Å². The van der Waals surface area contributed by atoms with Crippen molar-refractivity contribution in [3.63, 3.8) is 0 Å². The van der Waals surface area contributed by atoms with Gasteiger partial charge in [-0.2, -0.15) is 0 Å². The minimum absolute atomic E-state index is 0.113. The van der Waals surface area contributed by atoms with Gasteiger partial charge >= 0.3 is 0 Å². The Kier molecular flexibility index (Phi) is 6.85. The minimum Gasteiger partial charge on any atom is -0.353 e. The largest absolute Gasteiger partial charge is 0.353 e. The van der Waals surface area contributed by atoms with Gasteiger partial charge in [0.25, 0.3) is 5.91 Å². The van der Waals surface area contributed by atoms with Crippen LogP contribution in [0.15, 0.2) is 48.7 Å². The number of nitrogens with zero attached hydrogens (tertiary/aromatic N) is 4. The molecule has 1 aromatic carbocycles. The Labute approximate surface area is 184 Å². The summed E-state index contributed by atoms with van der Waals surface area (Å²) in [4.78, 5) is 36.2. The van der Waals surface area contributed by atoms with Crippen LogP contribution in [0.3, 0.4) is 0 Å². The normalized spacial score (nSPS) is 19.4. The number of hydrogen-bond donors (Lipinski definition) is 0. The van der Waals surface area contributed by atoms with Gasteiger partial charge in [0.05, 0.1) is 0 Å². The highest BCUT2D eigenvalue weighted by molar-refractivity contribution is 5.94. The van der Waals surface area contributed by atoms with E-state index in [-0.39, 0.29) is 11.8 Å². The van der Waals surface area contributed by atoms with Crippen LogP contribution in [0.1, 0.15) is 41.6 Å². The Bertz CT molecular complexity index is 876. The molecule has 2 aliphatic heterocycles. The number of anilines is 1. The lowest BCUT2D eigenvalue weighted by molar-refractivity contribution is -0.131. The first-order valence-electron chi connectivity index (χ1n) is 11.4. The second-order valence-electron chi connectivity index (χ2n) is 8.72. The molecule has 2 aromatic rings. The maximum atomic E-state index is 12.8. The Balaban J connectivity index is 1.23. The first-order chi connectivity index (χ1) is 15.1. The lowest BCUT2D eigenvalue weighted by atomic mass is 9.92. The molecule has 0 saturated carbocycles. The fourth-order valence-corrected chi connectivity index (χ4v) is 4.58. The lowest BCUT2D eigenvalue weighted by Gasteiger charge is -2.36. The number of likely N-dealkylation sites (tertiary alicyclic amines) is 1. The van der Waals surface area contributed by atoms with E-state index in [1.807, 2.05) is 65.4 Å². The van der Waals surface area contributed by atoms with E-state index in [0.29, 0.717) is 12.3 Å².